The topological polar surface area (TPSA) is 22.1 Å². The zero-order valence-electron chi connectivity index (χ0n) is 16.8. The van der Waals surface area contributed by atoms with Gasteiger partial charge in [0.2, 0.25) is 0 Å². The second kappa shape index (κ2) is 7.51. The zero-order chi connectivity index (χ0) is 19.7. The number of hydrogen-bond donors (Lipinski definition) is 0. The predicted molar refractivity (Wildman–Crippen MR) is 120 cm³/mol. The third-order valence-corrected chi connectivity index (χ3v) is 6.10. The summed E-state index contributed by atoms with van der Waals surface area (Å²) in [5.74, 6) is 0. The van der Waals surface area contributed by atoms with E-state index in [0.717, 1.165) is 31.2 Å². The molecule has 2 aliphatic rings. The average molecular weight is 395 g/mol. The first-order valence-electron chi connectivity index (χ1n) is 9.80. The van der Waals surface area contributed by atoms with Crippen LogP contribution >= 0.6 is 11.6 Å². The number of hydrazone groups is 1. The summed E-state index contributed by atoms with van der Waals surface area (Å²) in [4.78, 5) is 4.66. The van der Waals surface area contributed by atoms with Crippen LogP contribution in [0.25, 0.3) is 0 Å². The van der Waals surface area contributed by atoms with E-state index in [2.05, 4.69) is 78.2 Å². The van der Waals surface area contributed by atoms with Gasteiger partial charge < -0.3 is 9.80 Å². The molecule has 0 atom stereocenters. The molecule has 0 saturated carbocycles. The molecule has 0 spiro atoms. The molecule has 2 aromatic rings. The SMILES string of the molecule is CN1/C(=C/C=N/N2CCN(c3ccc(Cl)cc3)CC2)C(C)(C)c2ccccc21. The molecule has 0 unspecified atom stereocenters. The summed E-state index contributed by atoms with van der Waals surface area (Å²) in [6, 6.07) is 16.7. The second-order valence-electron chi connectivity index (χ2n) is 7.93. The Hall–Kier alpha value is -2.46. The lowest BCUT2D eigenvalue weighted by atomic mass is 9.84. The molecule has 28 heavy (non-hydrogen) atoms. The summed E-state index contributed by atoms with van der Waals surface area (Å²) in [5.41, 5.74) is 5.14. The van der Waals surface area contributed by atoms with Gasteiger partial charge in [-0.25, -0.2) is 0 Å². The van der Waals surface area contributed by atoms with Crippen LogP contribution in [0.4, 0.5) is 11.4 Å². The number of benzene rings is 2. The third kappa shape index (κ3) is 3.49. The number of likely N-dealkylation sites (N-methyl/N-ethyl adjacent to an activating group) is 1. The molecular weight excluding hydrogens is 368 g/mol. The van der Waals surface area contributed by atoms with Crippen LogP contribution in [0.15, 0.2) is 65.4 Å². The Morgan fingerprint density at radius 3 is 2.32 bits per heavy atom. The van der Waals surface area contributed by atoms with Gasteiger partial charge in [0.1, 0.15) is 0 Å². The maximum Gasteiger partial charge on any atom is 0.0536 e. The van der Waals surface area contributed by atoms with E-state index < -0.39 is 0 Å². The van der Waals surface area contributed by atoms with Crippen molar-refractivity contribution in [3.05, 3.63) is 70.9 Å². The van der Waals surface area contributed by atoms with E-state index in [9.17, 15) is 0 Å². The minimum absolute atomic E-state index is 0.00928. The molecule has 0 N–H and O–H groups in total. The molecule has 4 nitrogen and oxygen atoms in total. The molecule has 2 aromatic carbocycles. The van der Waals surface area contributed by atoms with Crippen LogP contribution in [0.1, 0.15) is 19.4 Å². The fraction of sp³-hybridized carbons (Fsp3) is 0.348. The van der Waals surface area contributed by atoms with Gasteiger partial charge in [-0.05, 0) is 42.0 Å². The van der Waals surface area contributed by atoms with Gasteiger partial charge >= 0.3 is 0 Å². The van der Waals surface area contributed by atoms with Gasteiger partial charge in [0.15, 0.2) is 0 Å². The summed E-state index contributed by atoms with van der Waals surface area (Å²) >= 11 is 5.99. The van der Waals surface area contributed by atoms with Crippen molar-refractivity contribution in [3.8, 4) is 0 Å². The Morgan fingerprint density at radius 2 is 1.64 bits per heavy atom. The van der Waals surface area contributed by atoms with Crippen molar-refractivity contribution in [2.45, 2.75) is 19.3 Å². The number of rotatable bonds is 3. The normalized spacial score (nSPS) is 20.3. The van der Waals surface area contributed by atoms with Crippen LogP contribution < -0.4 is 9.80 Å². The third-order valence-electron chi connectivity index (χ3n) is 5.85. The first-order valence-corrected chi connectivity index (χ1v) is 10.2. The lowest BCUT2D eigenvalue weighted by Gasteiger charge is -2.34. The smallest absolute Gasteiger partial charge is 0.0536 e. The molecule has 146 valence electrons. The Morgan fingerprint density at radius 1 is 0.964 bits per heavy atom. The molecule has 2 aliphatic heterocycles. The molecule has 0 radical (unpaired) electrons. The van der Waals surface area contributed by atoms with Crippen molar-refractivity contribution >= 4 is 29.2 Å². The lowest BCUT2D eigenvalue weighted by Crippen LogP contribution is -2.44. The first-order chi connectivity index (χ1) is 13.5. The molecule has 1 saturated heterocycles. The second-order valence-corrected chi connectivity index (χ2v) is 8.37. The number of para-hydroxylation sites is 1. The number of halogens is 1. The van der Waals surface area contributed by atoms with E-state index in [1.165, 1.54) is 22.6 Å². The van der Waals surface area contributed by atoms with Gasteiger partial charge in [0, 0.05) is 53.9 Å². The first kappa shape index (κ1) is 18.9. The highest BCUT2D eigenvalue weighted by molar-refractivity contribution is 6.30. The van der Waals surface area contributed by atoms with Gasteiger partial charge in [-0.15, -0.1) is 0 Å². The van der Waals surface area contributed by atoms with E-state index in [1.54, 1.807) is 0 Å². The highest BCUT2D eigenvalue weighted by atomic mass is 35.5. The Balaban J connectivity index is 1.40. The van der Waals surface area contributed by atoms with Gasteiger partial charge in [-0.3, -0.25) is 5.01 Å². The Kier molecular flexibility index (Phi) is 5.07. The molecule has 0 aliphatic carbocycles. The van der Waals surface area contributed by atoms with Crippen molar-refractivity contribution < 1.29 is 0 Å². The summed E-state index contributed by atoms with van der Waals surface area (Å²) in [7, 11) is 2.14. The van der Waals surface area contributed by atoms with Crippen molar-refractivity contribution in [3.63, 3.8) is 0 Å². The number of nitrogens with zero attached hydrogens (tertiary/aromatic N) is 4. The average Bonchev–Trinajstić information content (AvgIpc) is 2.90. The Bertz CT molecular complexity index is 893. The zero-order valence-corrected chi connectivity index (χ0v) is 17.5. The fourth-order valence-corrected chi connectivity index (χ4v) is 4.35. The van der Waals surface area contributed by atoms with Crippen LogP contribution in [-0.2, 0) is 5.41 Å². The van der Waals surface area contributed by atoms with Crippen LogP contribution in [-0.4, -0.2) is 44.5 Å². The van der Waals surface area contributed by atoms with E-state index >= 15 is 0 Å². The van der Waals surface area contributed by atoms with Gasteiger partial charge in [-0.1, -0.05) is 43.6 Å². The van der Waals surface area contributed by atoms with Gasteiger partial charge in [-0.2, -0.15) is 5.10 Å². The molecule has 0 amide bonds. The standard InChI is InChI=1S/C23H27ClN4/c1-23(2)20-6-4-5-7-21(20)26(3)22(23)12-13-25-28-16-14-27(15-17-28)19-10-8-18(24)9-11-19/h4-13H,14-17H2,1-3H3/b22-12+,25-13+. The van der Waals surface area contributed by atoms with Crippen molar-refractivity contribution in [1.29, 1.82) is 0 Å². The van der Waals surface area contributed by atoms with Gasteiger partial charge in [0.25, 0.3) is 0 Å². The molecule has 0 bridgehead atoms. The van der Waals surface area contributed by atoms with Crippen molar-refractivity contribution in [2.24, 2.45) is 5.10 Å². The van der Waals surface area contributed by atoms with Crippen LogP contribution in [0.5, 0.6) is 0 Å². The van der Waals surface area contributed by atoms with E-state index in [4.69, 9.17) is 16.7 Å². The fourth-order valence-electron chi connectivity index (χ4n) is 4.22. The maximum absolute atomic E-state index is 5.99. The lowest BCUT2D eigenvalue weighted by molar-refractivity contribution is 0.272. The summed E-state index contributed by atoms with van der Waals surface area (Å²) in [5, 5.41) is 7.64. The van der Waals surface area contributed by atoms with Crippen LogP contribution in [0.2, 0.25) is 5.02 Å². The molecule has 0 aromatic heterocycles. The minimum atomic E-state index is -0.00928. The molecular formula is C23H27ClN4. The predicted octanol–water partition coefficient (Wildman–Crippen LogP) is 4.76. The Labute approximate surface area is 172 Å². The van der Waals surface area contributed by atoms with Crippen LogP contribution in [0.3, 0.4) is 0 Å². The largest absolute Gasteiger partial charge is 0.368 e. The summed E-state index contributed by atoms with van der Waals surface area (Å²) in [6.07, 6.45) is 4.11. The molecule has 1 fully saturated rings. The monoisotopic (exact) mass is 394 g/mol. The number of anilines is 2. The van der Waals surface area contributed by atoms with Crippen LogP contribution in [0, 0.1) is 0 Å². The number of piperazine rings is 1. The van der Waals surface area contributed by atoms with Crippen molar-refractivity contribution in [2.75, 3.05) is 43.0 Å². The van der Waals surface area contributed by atoms with E-state index in [0.29, 0.717) is 0 Å². The van der Waals surface area contributed by atoms with E-state index in [-0.39, 0.29) is 5.41 Å². The van der Waals surface area contributed by atoms with Crippen molar-refractivity contribution in [1.82, 2.24) is 5.01 Å². The quantitative estimate of drug-likeness (QED) is 0.701. The number of allylic oxidation sites excluding steroid dienone is 2. The minimum Gasteiger partial charge on any atom is -0.368 e. The highest BCUT2D eigenvalue weighted by Crippen LogP contribution is 2.46. The maximum atomic E-state index is 5.99. The molecule has 4 rings (SSSR count). The summed E-state index contributed by atoms with van der Waals surface area (Å²) < 4.78 is 0. The highest BCUT2D eigenvalue weighted by Gasteiger charge is 2.37. The number of fused-ring (bicyclic) bond motifs is 1. The molecule has 2 heterocycles. The van der Waals surface area contributed by atoms with Gasteiger partial charge in [0.05, 0.1) is 13.1 Å². The number of hydrogen-bond acceptors (Lipinski definition) is 4. The molecule has 5 heteroatoms. The summed E-state index contributed by atoms with van der Waals surface area (Å²) in [6.45, 7) is 8.32. The van der Waals surface area contributed by atoms with E-state index in [1.807, 2.05) is 18.3 Å².